The molecule has 0 spiro atoms. The maximum absolute atomic E-state index is 12.9. The lowest BCUT2D eigenvalue weighted by Crippen LogP contribution is -2.12. The Balaban J connectivity index is 1.89. The van der Waals surface area contributed by atoms with E-state index in [2.05, 4.69) is 4.98 Å². The molecule has 19 heavy (non-hydrogen) atoms. The molecule has 2 aromatic rings. The second kappa shape index (κ2) is 6.64. The van der Waals surface area contributed by atoms with Gasteiger partial charge in [-0.05, 0) is 49.1 Å². The van der Waals surface area contributed by atoms with Crippen molar-refractivity contribution >= 4 is 11.6 Å². The van der Waals surface area contributed by atoms with Gasteiger partial charge in [0, 0.05) is 16.9 Å². The Morgan fingerprint density at radius 1 is 1.26 bits per heavy atom. The van der Waals surface area contributed by atoms with Gasteiger partial charge in [-0.15, -0.1) is 0 Å². The highest BCUT2D eigenvalue weighted by molar-refractivity contribution is 6.31. The molecule has 0 aliphatic heterocycles. The quantitative estimate of drug-likeness (QED) is 0.910. The summed E-state index contributed by atoms with van der Waals surface area (Å²) in [5, 5.41) is 10.3. The zero-order valence-corrected chi connectivity index (χ0v) is 11.1. The molecule has 0 saturated carbocycles. The van der Waals surface area contributed by atoms with Crippen LogP contribution in [0.4, 0.5) is 4.39 Å². The van der Waals surface area contributed by atoms with Crippen LogP contribution in [0.2, 0.25) is 5.02 Å². The van der Waals surface area contributed by atoms with Gasteiger partial charge in [-0.1, -0.05) is 23.7 Å². The third-order valence-electron chi connectivity index (χ3n) is 2.93. The van der Waals surface area contributed by atoms with Crippen molar-refractivity contribution in [1.82, 2.24) is 4.98 Å². The van der Waals surface area contributed by atoms with Gasteiger partial charge in [0.1, 0.15) is 5.82 Å². The number of aromatic nitrogens is 1. The van der Waals surface area contributed by atoms with Gasteiger partial charge in [-0.3, -0.25) is 4.98 Å². The Kier molecular flexibility index (Phi) is 4.88. The number of nitrogens with zero attached hydrogens (tertiary/aromatic N) is 1. The van der Waals surface area contributed by atoms with E-state index < -0.39 is 6.10 Å². The van der Waals surface area contributed by atoms with Gasteiger partial charge in [-0.25, -0.2) is 4.39 Å². The van der Waals surface area contributed by atoms with Crippen LogP contribution in [0.25, 0.3) is 0 Å². The molecule has 100 valence electrons. The molecule has 2 rings (SSSR count). The van der Waals surface area contributed by atoms with Crippen molar-refractivity contribution in [3.63, 3.8) is 0 Å². The third-order valence-corrected chi connectivity index (χ3v) is 3.28. The van der Waals surface area contributed by atoms with E-state index in [0.717, 1.165) is 11.3 Å². The number of hydrogen-bond acceptors (Lipinski definition) is 2. The molecular weight excluding hydrogens is 265 g/mol. The molecule has 0 saturated heterocycles. The van der Waals surface area contributed by atoms with Crippen molar-refractivity contribution in [2.45, 2.75) is 25.4 Å². The number of aliphatic hydroxyl groups excluding tert-OH is 1. The lowest BCUT2D eigenvalue weighted by molar-refractivity contribution is 0.165. The zero-order chi connectivity index (χ0) is 13.7. The summed E-state index contributed by atoms with van der Waals surface area (Å²) < 4.78 is 12.9. The van der Waals surface area contributed by atoms with Crippen LogP contribution < -0.4 is 0 Å². The van der Waals surface area contributed by atoms with Crippen molar-refractivity contribution < 1.29 is 9.50 Å². The summed E-state index contributed by atoms with van der Waals surface area (Å²) in [7, 11) is 0. The van der Waals surface area contributed by atoms with Crippen LogP contribution >= 0.6 is 11.6 Å². The van der Waals surface area contributed by atoms with E-state index in [1.807, 2.05) is 18.2 Å². The molecule has 0 aliphatic carbocycles. The molecule has 1 heterocycles. The van der Waals surface area contributed by atoms with Crippen LogP contribution in [-0.4, -0.2) is 16.2 Å². The monoisotopic (exact) mass is 279 g/mol. The second-order valence-electron chi connectivity index (χ2n) is 4.45. The van der Waals surface area contributed by atoms with E-state index in [0.29, 0.717) is 24.3 Å². The maximum Gasteiger partial charge on any atom is 0.124 e. The van der Waals surface area contributed by atoms with Crippen LogP contribution in [0.3, 0.4) is 0 Å². The standard InChI is InChI=1S/C15H15ClFNO/c16-15-10-12(17)5-4-11(15)9-14(19)7-6-13-3-1-2-8-18-13/h1-5,8,10,14,19H,6-7,9H2. The van der Waals surface area contributed by atoms with E-state index in [1.165, 1.54) is 12.1 Å². The fourth-order valence-corrected chi connectivity index (χ4v) is 2.15. The molecule has 1 atom stereocenters. The summed E-state index contributed by atoms with van der Waals surface area (Å²) >= 11 is 5.93. The first-order chi connectivity index (χ1) is 9.15. The number of aryl methyl sites for hydroxylation is 1. The van der Waals surface area contributed by atoms with Gasteiger partial charge in [0.05, 0.1) is 6.10 Å². The Hall–Kier alpha value is -1.45. The van der Waals surface area contributed by atoms with Gasteiger partial charge in [0.15, 0.2) is 0 Å². The van der Waals surface area contributed by atoms with Crippen LogP contribution in [0.15, 0.2) is 42.6 Å². The summed E-state index contributed by atoms with van der Waals surface area (Å²) in [4.78, 5) is 4.20. The van der Waals surface area contributed by atoms with Crippen molar-refractivity contribution in [1.29, 1.82) is 0 Å². The molecule has 4 heteroatoms. The number of benzene rings is 1. The minimum absolute atomic E-state index is 0.358. The Morgan fingerprint density at radius 2 is 2.11 bits per heavy atom. The predicted molar refractivity (Wildman–Crippen MR) is 73.7 cm³/mol. The average Bonchev–Trinajstić information content (AvgIpc) is 2.41. The summed E-state index contributed by atoms with van der Waals surface area (Å²) in [6, 6.07) is 9.94. The fraction of sp³-hybridized carbons (Fsp3) is 0.267. The highest BCUT2D eigenvalue weighted by Gasteiger charge is 2.09. The first-order valence-electron chi connectivity index (χ1n) is 6.17. The zero-order valence-electron chi connectivity index (χ0n) is 10.4. The Morgan fingerprint density at radius 3 is 2.79 bits per heavy atom. The molecule has 0 radical (unpaired) electrons. The lowest BCUT2D eigenvalue weighted by atomic mass is 10.0. The summed E-state index contributed by atoms with van der Waals surface area (Å²) in [5.41, 5.74) is 1.71. The van der Waals surface area contributed by atoms with Gasteiger partial charge in [-0.2, -0.15) is 0 Å². The van der Waals surface area contributed by atoms with Crippen LogP contribution in [0.5, 0.6) is 0 Å². The predicted octanol–water partition coefficient (Wildman–Crippen LogP) is 3.41. The van der Waals surface area contributed by atoms with E-state index in [-0.39, 0.29) is 5.82 Å². The van der Waals surface area contributed by atoms with Crippen molar-refractivity contribution in [2.75, 3.05) is 0 Å². The van der Waals surface area contributed by atoms with Crippen molar-refractivity contribution in [3.05, 3.63) is 64.7 Å². The molecule has 0 amide bonds. The van der Waals surface area contributed by atoms with Crippen LogP contribution in [0, 0.1) is 5.82 Å². The average molecular weight is 280 g/mol. The van der Waals surface area contributed by atoms with Gasteiger partial charge < -0.3 is 5.11 Å². The summed E-state index contributed by atoms with van der Waals surface area (Å²) in [5.74, 6) is -0.364. The van der Waals surface area contributed by atoms with Crippen molar-refractivity contribution in [2.24, 2.45) is 0 Å². The highest BCUT2D eigenvalue weighted by Crippen LogP contribution is 2.19. The third kappa shape index (κ3) is 4.30. The van der Waals surface area contributed by atoms with Gasteiger partial charge in [0.2, 0.25) is 0 Å². The maximum atomic E-state index is 12.9. The van der Waals surface area contributed by atoms with Gasteiger partial charge in [0.25, 0.3) is 0 Å². The molecule has 1 unspecified atom stereocenters. The second-order valence-corrected chi connectivity index (χ2v) is 4.86. The molecule has 0 aliphatic rings. The molecule has 1 N–H and O–H groups in total. The topological polar surface area (TPSA) is 33.1 Å². The normalized spacial score (nSPS) is 12.4. The first-order valence-corrected chi connectivity index (χ1v) is 6.55. The van der Waals surface area contributed by atoms with E-state index in [4.69, 9.17) is 11.6 Å². The van der Waals surface area contributed by atoms with E-state index >= 15 is 0 Å². The number of rotatable bonds is 5. The molecular formula is C15H15ClFNO. The highest BCUT2D eigenvalue weighted by atomic mass is 35.5. The van der Waals surface area contributed by atoms with Gasteiger partial charge >= 0.3 is 0 Å². The Bertz CT molecular complexity index is 533. The molecule has 1 aromatic carbocycles. The first kappa shape index (κ1) is 14.0. The van der Waals surface area contributed by atoms with Crippen molar-refractivity contribution in [3.8, 4) is 0 Å². The van der Waals surface area contributed by atoms with Crippen LogP contribution in [0.1, 0.15) is 17.7 Å². The molecule has 2 nitrogen and oxygen atoms in total. The summed E-state index contributed by atoms with van der Waals surface area (Å²) in [6.45, 7) is 0. The minimum Gasteiger partial charge on any atom is -0.393 e. The fourth-order valence-electron chi connectivity index (χ4n) is 1.90. The van der Waals surface area contributed by atoms with E-state index in [1.54, 1.807) is 12.3 Å². The number of hydrogen-bond donors (Lipinski definition) is 1. The Labute approximate surface area is 116 Å². The molecule has 0 fully saturated rings. The number of aliphatic hydroxyl groups is 1. The van der Waals surface area contributed by atoms with Crippen LogP contribution in [-0.2, 0) is 12.8 Å². The smallest absolute Gasteiger partial charge is 0.124 e. The minimum atomic E-state index is -0.509. The largest absolute Gasteiger partial charge is 0.393 e. The molecule has 1 aromatic heterocycles. The SMILES string of the molecule is OC(CCc1ccccn1)Cc1ccc(F)cc1Cl. The molecule has 0 bridgehead atoms. The lowest BCUT2D eigenvalue weighted by Gasteiger charge is -2.11. The number of pyridine rings is 1. The number of halogens is 2. The summed E-state index contributed by atoms with van der Waals surface area (Å²) in [6.07, 6.45) is 2.96. The van der Waals surface area contributed by atoms with E-state index in [9.17, 15) is 9.50 Å².